The number of amides is 4. The molecule has 0 spiro atoms. The number of urea groups is 1. The molecule has 1 heterocycles. The van der Waals surface area contributed by atoms with E-state index in [1.807, 2.05) is 43.3 Å². The summed E-state index contributed by atoms with van der Waals surface area (Å²) in [5, 5.41) is 3.26. The van der Waals surface area contributed by atoms with Gasteiger partial charge in [0.15, 0.2) is 6.61 Å². The third kappa shape index (κ3) is 5.09. The number of nitrogens with one attached hydrogen (secondary N) is 2. The van der Waals surface area contributed by atoms with Gasteiger partial charge >= 0.3 is 12.0 Å². The predicted molar refractivity (Wildman–Crippen MR) is 113 cm³/mol. The molecule has 0 unspecified atom stereocenters. The van der Waals surface area contributed by atoms with Crippen LogP contribution < -0.4 is 10.7 Å². The minimum absolute atomic E-state index is 0.349. The second-order valence-corrected chi connectivity index (χ2v) is 7.82. The second kappa shape index (κ2) is 8.99. The first-order chi connectivity index (χ1) is 14.7. The molecule has 0 saturated carbocycles. The highest BCUT2D eigenvalue weighted by molar-refractivity contribution is 6.07. The van der Waals surface area contributed by atoms with Gasteiger partial charge < -0.3 is 10.1 Å². The predicted octanol–water partition coefficient (Wildman–Crippen LogP) is 2.43. The first kappa shape index (κ1) is 22.0. The summed E-state index contributed by atoms with van der Waals surface area (Å²) in [5.41, 5.74) is 4.19. The number of carbonyl (C=O) groups excluding carboxylic acids is 4. The van der Waals surface area contributed by atoms with Gasteiger partial charge in [0.25, 0.3) is 11.8 Å². The van der Waals surface area contributed by atoms with Gasteiger partial charge in [0.2, 0.25) is 0 Å². The van der Waals surface area contributed by atoms with E-state index in [0.717, 1.165) is 16.7 Å². The third-order valence-corrected chi connectivity index (χ3v) is 5.19. The SMILES string of the molecule is Cc1ccc(C(=O)OCC(=O)NN2C(=O)N[C@@](C)(CCc3ccccc3)C2=O)c(C)c1. The van der Waals surface area contributed by atoms with Crippen molar-refractivity contribution in [2.45, 2.75) is 39.2 Å². The van der Waals surface area contributed by atoms with Crippen LogP contribution in [-0.4, -0.2) is 41.0 Å². The fraction of sp³-hybridized carbons (Fsp3) is 0.304. The molecule has 2 aromatic carbocycles. The van der Waals surface area contributed by atoms with Crippen LogP contribution in [-0.2, 0) is 20.7 Å². The molecule has 0 bridgehead atoms. The van der Waals surface area contributed by atoms with Crippen LogP contribution in [0.2, 0.25) is 0 Å². The Morgan fingerprint density at radius 2 is 1.81 bits per heavy atom. The maximum atomic E-state index is 12.8. The minimum Gasteiger partial charge on any atom is -0.452 e. The number of imide groups is 1. The fourth-order valence-electron chi connectivity index (χ4n) is 3.40. The molecule has 0 radical (unpaired) electrons. The van der Waals surface area contributed by atoms with Crippen molar-refractivity contribution in [3.8, 4) is 0 Å². The van der Waals surface area contributed by atoms with E-state index in [2.05, 4.69) is 10.7 Å². The van der Waals surface area contributed by atoms with Gasteiger partial charge in [-0.1, -0.05) is 48.0 Å². The Labute approximate surface area is 180 Å². The van der Waals surface area contributed by atoms with Crippen molar-refractivity contribution < 1.29 is 23.9 Å². The number of ether oxygens (including phenoxy) is 1. The summed E-state index contributed by atoms with van der Waals surface area (Å²) in [7, 11) is 0. The van der Waals surface area contributed by atoms with Gasteiger partial charge in [-0.15, -0.1) is 0 Å². The van der Waals surface area contributed by atoms with E-state index in [1.165, 1.54) is 0 Å². The number of esters is 1. The van der Waals surface area contributed by atoms with Crippen LogP contribution in [0, 0.1) is 13.8 Å². The smallest absolute Gasteiger partial charge is 0.344 e. The van der Waals surface area contributed by atoms with Crippen molar-refractivity contribution in [2.75, 3.05) is 6.61 Å². The number of hydrogen-bond donors (Lipinski definition) is 2. The van der Waals surface area contributed by atoms with E-state index < -0.39 is 36.0 Å². The highest BCUT2D eigenvalue weighted by Gasteiger charge is 2.48. The molecule has 1 fully saturated rings. The molecule has 0 aliphatic carbocycles. The lowest BCUT2D eigenvalue weighted by Gasteiger charge is -2.21. The van der Waals surface area contributed by atoms with E-state index in [9.17, 15) is 19.2 Å². The quantitative estimate of drug-likeness (QED) is 0.526. The van der Waals surface area contributed by atoms with E-state index in [0.29, 0.717) is 23.4 Å². The molecule has 3 rings (SSSR count). The maximum Gasteiger partial charge on any atom is 0.344 e. The van der Waals surface area contributed by atoms with Crippen molar-refractivity contribution in [2.24, 2.45) is 0 Å². The first-order valence-electron chi connectivity index (χ1n) is 9.94. The largest absolute Gasteiger partial charge is 0.452 e. The van der Waals surface area contributed by atoms with Crippen molar-refractivity contribution in [3.05, 3.63) is 70.8 Å². The number of rotatable bonds is 7. The highest BCUT2D eigenvalue weighted by atomic mass is 16.5. The molecule has 8 heteroatoms. The molecule has 8 nitrogen and oxygen atoms in total. The molecule has 1 aliphatic heterocycles. The number of nitrogens with zero attached hydrogens (tertiary/aromatic N) is 1. The van der Waals surface area contributed by atoms with Gasteiger partial charge in [0, 0.05) is 0 Å². The summed E-state index contributed by atoms with van der Waals surface area (Å²) >= 11 is 0. The summed E-state index contributed by atoms with van der Waals surface area (Å²) in [4.78, 5) is 49.4. The van der Waals surface area contributed by atoms with Gasteiger partial charge in [-0.3, -0.25) is 15.0 Å². The Hall–Kier alpha value is -3.68. The van der Waals surface area contributed by atoms with Gasteiger partial charge in [-0.2, -0.15) is 5.01 Å². The third-order valence-electron chi connectivity index (χ3n) is 5.19. The number of benzene rings is 2. The minimum atomic E-state index is -1.14. The Morgan fingerprint density at radius 3 is 2.48 bits per heavy atom. The summed E-state index contributed by atoms with van der Waals surface area (Å²) in [5.74, 6) is -2.01. The normalized spacial score (nSPS) is 18.0. The summed E-state index contributed by atoms with van der Waals surface area (Å²) in [6, 6.07) is 14.1. The van der Waals surface area contributed by atoms with Gasteiger partial charge in [-0.25, -0.2) is 9.59 Å². The standard InChI is InChI=1S/C23H25N3O5/c1-15-9-10-18(16(2)13-15)20(28)31-14-19(27)25-26-21(29)23(3,24-22(26)30)12-11-17-7-5-4-6-8-17/h4-10,13H,11-12,14H2,1-3H3,(H,24,30)(H,25,27)/t23-/m0/s1. The summed E-state index contributed by atoms with van der Waals surface area (Å²) in [6.07, 6.45) is 0.953. The van der Waals surface area contributed by atoms with Crippen molar-refractivity contribution in [3.63, 3.8) is 0 Å². The van der Waals surface area contributed by atoms with Crippen LogP contribution in [0.4, 0.5) is 4.79 Å². The Bertz CT molecular complexity index is 1020. The molecular formula is C23H25N3O5. The lowest BCUT2D eigenvalue weighted by Crippen LogP contribution is -2.50. The number of carbonyl (C=O) groups is 4. The van der Waals surface area contributed by atoms with Gasteiger partial charge in [0.1, 0.15) is 5.54 Å². The van der Waals surface area contributed by atoms with E-state index in [4.69, 9.17) is 4.74 Å². The molecule has 1 aliphatic rings. The van der Waals surface area contributed by atoms with Crippen LogP contribution >= 0.6 is 0 Å². The topological polar surface area (TPSA) is 105 Å². The molecule has 2 N–H and O–H groups in total. The average molecular weight is 423 g/mol. The molecule has 0 aromatic heterocycles. The van der Waals surface area contributed by atoms with Crippen LogP contribution in [0.3, 0.4) is 0 Å². The molecule has 1 saturated heterocycles. The monoisotopic (exact) mass is 423 g/mol. The fourth-order valence-corrected chi connectivity index (χ4v) is 3.40. The Balaban J connectivity index is 1.55. The van der Waals surface area contributed by atoms with Crippen molar-refractivity contribution in [1.82, 2.24) is 15.8 Å². The molecule has 2 aromatic rings. The maximum absolute atomic E-state index is 12.8. The zero-order valence-electron chi connectivity index (χ0n) is 17.7. The second-order valence-electron chi connectivity index (χ2n) is 7.82. The number of hydrogen-bond acceptors (Lipinski definition) is 5. The molecule has 31 heavy (non-hydrogen) atoms. The average Bonchev–Trinajstić information content (AvgIpc) is 2.94. The number of hydrazine groups is 1. The zero-order valence-corrected chi connectivity index (χ0v) is 17.7. The first-order valence-corrected chi connectivity index (χ1v) is 9.94. The zero-order chi connectivity index (χ0) is 22.6. The van der Waals surface area contributed by atoms with E-state index >= 15 is 0 Å². The van der Waals surface area contributed by atoms with Crippen LogP contribution in [0.1, 0.15) is 40.4 Å². The van der Waals surface area contributed by atoms with Crippen molar-refractivity contribution >= 4 is 23.8 Å². The molecular weight excluding hydrogens is 398 g/mol. The number of aryl methyl sites for hydroxylation is 3. The Morgan fingerprint density at radius 1 is 1.10 bits per heavy atom. The summed E-state index contributed by atoms with van der Waals surface area (Å²) < 4.78 is 5.03. The highest BCUT2D eigenvalue weighted by Crippen LogP contribution is 2.22. The molecule has 162 valence electrons. The Kier molecular flexibility index (Phi) is 6.39. The van der Waals surface area contributed by atoms with Crippen LogP contribution in [0.15, 0.2) is 48.5 Å². The van der Waals surface area contributed by atoms with Gasteiger partial charge in [-0.05, 0) is 50.8 Å². The molecule has 4 amide bonds. The molecule has 1 atom stereocenters. The lowest BCUT2D eigenvalue weighted by molar-refractivity contribution is -0.140. The summed E-state index contributed by atoms with van der Waals surface area (Å²) in [6.45, 7) is 4.67. The van der Waals surface area contributed by atoms with Crippen LogP contribution in [0.5, 0.6) is 0 Å². The van der Waals surface area contributed by atoms with Crippen LogP contribution in [0.25, 0.3) is 0 Å². The van der Waals surface area contributed by atoms with Gasteiger partial charge in [0.05, 0.1) is 5.56 Å². The van der Waals surface area contributed by atoms with Crippen molar-refractivity contribution in [1.29, 1.82) is 0 Å². The van der Waals surface area contributed by atoms with E-state index in [1.54, 1.807) is 26.0 Å². The lowest BCUT2D eigenvalue weighted by atomic mass is 9.93. The van der Waals surface area contributed by atoms with E-state index in [-0.39, 0.29) is 0 Å².